The van der Waals surface area contributed by atoms with E-state index in [1.165, 1.54) is 0 Å². The Hall–Kier alpha value is -0.150. The second-order valence-electron chi connectivity index (χ2n) is 1.05. The molecule has 0 aliphatic rings. The third kappa shape index (κ3) is 29.7. The van der Waals surface area contributed by atoms with E-state index in [0.29, 0.717) is 0 Å². The van der Waals surface area contributed by atoms with E-state index in [2.05, 4.69) is 36.9 Å². The average Bonchev–Trinajstić information content (AvgIpc) is 1.82. The maximum Gasteiger partial charge on any atom is 0.445 e. The largest absolute Gasteiger partial charge is 0.724 e. The Bertz CT molecular complexity index is 324. The second kappa shape index (κ2) is 8.18. The highest BCUT2D eigenvalue weighted by atomic mass is 32.3. The molecule has 0 aliphatic heterocycles. The summed E-state index contributed by atoms with van der Waals surface area (Å²) in [5.41, 5.74) is 0. The summed E-state index contributed by atoms with van der Waals surface area (Å²) in [4.78, 5) is 0. The Kier molecular flexibility index (Phi) is 11.4. The van der Waals surface area contributed by atoms with Crippen LogP contribution in [0.4, 0.5) is 0 Å². The van der Waals surface area contributed by atoms with Crippen molar-refractivity contribution in [1.29, 1.82) is 0 Å². The monoisotopic (exact) mass is 288 g/mol. The molecule has 0 aromatic rings. The van der Waals surface area contributed by atoms with Gasteiger partial charge in [-0.3, -0.25) is 4.55 Å². The molecular weight excluding hydrogens is 284 g/mol. The van der Waals surface area contributed by atoms with Crippen molar-refractivity contribution in [3.8, 4) is 0 Å². The topological polar surface area (TPSA) is 179 Å². The summed E-state index contributed by atoms with van der Waals surface area (Å²) in [6.45, 7) is 0. The first-order valence-corrected chi connectivity index (χ1v) is 5.31. The lowest BCUT2D eigenvalue weighted by Gasteiger charge is -2.01. The Balaban J connectivity index is -0.000000267. The van der Waals surface area contributed by atoms with E-state index in [1.807, 2.05) is 0 Å². The van der Waals surface area contributed by atoms with Crippen molar-refractivity contribution in [1.82, 2.24) is 9.56 Å². The first-order chi connectivity index (χ1) is 5.62. The number of rotatable bonds is 3. The predicted molar refractivity (Wildman–Crippen MR) is 45.3 cm³/mol. The lowest BCUT2D eigenvalue weighted by Crippen LogP contribution is -2.10. The first-order valence-electron chi connectivity index (χ1n) is 1.88. The molecule has 0 saturated heterocycles. The Morgan fingerprint density at radius 2 is 1.43 bits per heavy atom. The van der Waals surface area contributed by atoms with Gasteiger partial charge in [-0.25, -0.2) is 8.42 Å². The van der Waals surface area contributed by atoms with E-state index in [9.17, 15) is 21.4 Å². The van der Waals surface area contributed by atoms with Crippen molar-refractivity contribution < 1.29 is 34.6 Å². The molecule has 0 spiro atoms. The Morgan fingerprint density at radius 3 is 1.50 bits per heavy atom. The minimum atomic E-state index is -5.27. The number of nitrogens with zero attached hydrogens (tertiary/aromatic N) is 1. The lowest BCUT2D eigenvalue weighted by molar-refractivity contribution is -0.106. The van der Waals surface area contributed by atoms with Gasteiger partial charge in [-0.05, 0) is 0 Å². The van der Waals surface area contributed by atoms with E-state index >= 15 is 0 Å². The zero-order valence-corrected chi connectivity index (χ0v) is 9.36. The van der Waals surface area contributed by atoms with Gasteiger partial charge in [-0.2, -0.15) is 8.42 Å². The van der Waals surface area contributed by atoms with Gasteiger partial charge in [-0.1, -0.05) is 8.67 Å². The molecule has 0 saturated carbocycles. The number of hydrogen-bond donors (Lipinski definition) is 2. The van der Waals surface area contributed by atoms with Crippen molar-refractivity contribution >= 4 is 45.6 Å². The van der Waals surface area contributed by atoms with Gasteiger partial charge in [0, 0.05) is 0 Å². The van der Waals surface area contributed by atoms with Crippen molar-refractivity contribution in [2.75, 3.05) is 0 Å². The van der Waals surface area contributed by atoms with Crippen LogP contribution in [0.1, 0.15) is 0 Å². The normalized spacial score (nSPS) is 10.1. The van der Waals surface area contributed by atoms with Crippen LogP contribution in [0.2, 0.25) is 0 Å². The molecule has 10 nitrogen and oxygen atoms in total. The van der Waals surface area contributed by atoms with Crippen molar-refractivity contribution in [3.63, 3.8) is 0 Å². The summed E-state index contributed by atoms with van der Waals surface area (Å²) in [6, 6.07) is 0. The molecule has 0 radical (unpaired) electrons. The van der Waals surface area contributed by atoms with Gasteiger partial charge in [0.25, 0.3) is 0 Å². The summed E-state index contributed by atoms with van der Waals surface area (Å²) in [5.74, 6) is 0. The van der Waals surface area contributed by atoms with E-state index < -0.39 is 20.8 Å². The Morgan fingerprint density at radius 1 is 1.14 bits per heavy atom. The molecular formula is H4N2O8S4. The minimum absolute atomic E-state index is 0. The highest BCUT2D eigenvalue weighted by Gasteiger charge is 2.07. The van der Waals surface area contributed by atoms with Gasteiger partial charge in [0.05, 0.1) is 0 Å². The van der Waals surface area contributed by atoms with Crippen LogP contribution in [0.25, 0.3) is 0 Å². The van der Waals surface area contributed by atoms with Gasteiger partial charge in [0.15, 0.2) is 0 Å². The molecule has 0 unspecified atom stereocenters. The number of hydrogen-bond acceptors (Lipinski definition) is 10. The molecule has 14 heavy (non-hydrogen) atoms. The van der Waals surface area contributed by atoms with E-state index in [1.54, 1.807) is 0 Å². The van der Waals surface area contributed by atoms with Crippen LogP contribution in [-0.4, -0.2) is 25.9 Å². The molecule has 0 heterocycles. The van der Waals surface area contributed by atoms with E-state index in [-0.39, 0.29) is 6.15 Å². The Labute approximate surface area is 90.0 Å². The summed E-state index contributed by atoms with van der Waals surface area (Å²) in [7, 11) is -10.3. The molecule has 0 fully saturated rings. The van der Waals surface area contributed by atoms with Crippen LogP contribution in [-0.2, 0) is 54.3 Å². The van der Waals surface area contributed by atoms with Crippen molar-refractivity contribution in [2.45, 2.75) is 0 Å². The fraction of sp³-hybridized carbons (Fsp3) is 0. The molecule has 0 atom stereocenters. The molecule has 0 aliphatic carbocycles. The van der Waals surface area contributed by atoms with E-state index in [4.69, 9.17) is 4.55 Å². The molecule has 0 amide bonds. The third-order valence-electron chi connectivity index (χ3n) is 0.197. The highest BCUT2D eigenvalue weighted by molar-refractivity contribution is 7.83. The summed E-state index contributed by atoms with van der Waals surface area (Å²) >= 11 is 7.67. The fourth-order valence-electron chi connectivity index (χ4n) is 0.0691. The van der Waals surface area contributed by atoms with Crippen LogP contribution < -0.4 is 9.56 Å². The van der Waals surface area contributed by atoms with Crippen molar-refractivity contribution in [2.24, 2.45) is 0 Å². The maximum absolute atomic E-state index is 9.48. The van der Waals surface area contributed by atoms with Crippen LogP contribution >= 0.6 is 0 Å². The quantitative estimate of drug-likeness (QED) is 0.190. The maximum atomic E-state index is 9.48. The van der Waals surface area contributed by atoms with Gasteiger partial charge in [0.1, 0.15) is 3.41 Å². The van der Waals surface area contributed by atoms with E-state index in [0.717, 1.165) is 0 Å². The standard InChI is InChI=1S/NS2.H3N.H2O8S2/c2-1-3;;1-9(2,3)7-8-10(4,5)6/h;1H3;(H,1,2,3)(H,4,5,6)/q+1;;/p-1. The molecule has 0 rings (SSSR count). The second-order valence-corrected chi connectivity index (χ2v) is 3.59. The van der Waals surface area contributed by atoms with Gasteiger partial charge in [0.2, 0.25) is 10.4 Å². The summed E-state index contributed by atoms with van der Waals surface area (Å²) < 4.78 is 62.8. The van der Waals surface area contributed by atoms with Crippen LogP contribution in [0.5, 0.6) is 0 Å². The zero-order valence-electron chi connectivity index (χ0n) is 6.09. The molecule has 14 heteroatoms. The van der Waals surface area contributed by atoms with Crippen molar-refractivity contribution in [3.05, 3.63) is 0 Å². The molecule has 0 aromatic carbocycles. The zero-order chi connectivity index (χ0) is 11.1. The summed E-state index contributed by atoms with van der Waals surface area (Å²) in [6.07, 6.45) is 0. The molecule has 86 valence electrons. The minimum Gasteiger partial charge on any atom is -0.724 e. The van der Waals surface area contributed by atoms with Gasteiger partial charge >= 0.3 is 35.2 Å². The van der Waals surface area contributed by atoms with Gasteiger partial charge < -0.3 is 10.7 Å². The van der Waals surface area contributed by atoms with Crippen LogP contribution in [0, 0.1) is 0 Å². The predicted octanol–water partition coefficient (Wildman–Crippen LogP) is -2.13. The SMILES string of the molecule is N.O=S(=O)([O-])OOS(=O)(=O)O.S=[N+]=S. The first kappa shape index (κ1) is 19.4. The van der Waals surface area contributed by atoms with Crippen LogP contribution in [0.3, 0.4) is 0 Å². The summed E-state index contributed by atoms with van der Waals surface area (Å²) in [5, 5.41) is 0. The van der Waals surface area contributed by atoms with Gasteiger partial charge in [-0.15, -0.1) is 0 Å². The fourth-order valence-corrected chi connectivity index (χ4v) is 0.622. The molecule has 4 N–H and O–H groups in total. The highest BCUT2D eigenvalue weighted by Crippen LogP contribution is 1.92. The lowest BCUT2D eigenvalue weighted by atomic mass is 14.0. The smallest absolute Gasteiger partial charge is 0.445 e. The third-order valence-corrected chi connectivity index (χ3v) is 0.758. The molecule has 0 bridgehead atoms. The van der Waals surface area contributed by atoms with Crippen LogP contribution in [0.15, 0.2) is 0 Å². The molecule has 0 aromatic heterocycles. The average molecular weight is 288 g/mol.